The first-order valence-corrected chi connectivity index (χ1v) is 10.5. The van der Waals surface area contributed by atoms with Crippen LogP contribution in [0.3, 0.4) is 0 Å². The normalized spacial score (nSPS) is 58.2. The summed E-state index contributed by atoms with van der Waals surface area (Å²) in [5, 5.41) is 21.9. The van der Waals surface area contributed by atoms with E-state index in [-0.39, 0.29) is 22.9 Å². The fourth-order valence-corrected chi connectivity index (χ4v) is 8.22. The predicted octanol–water partition coefficient (Wildman–Crippen LogP) is 3.96. The average molecular weight is 349 g/mol. The maximum atomic E-state index is 12.2. The van der Waals surface area contributed by atoms with Crippen molar-refractivity contribution < 1.29 is 15.0 Å². The van der Waals surface area contributed by atoms with Crippen molar-refractivity contribution in [3.05, 3.63) is 0 Å². The van der Waals surface area contributed by atoms with Gasteiger partial charge in [0.2, 0.25) is 0 Å². The first-order valence-electron chi connectivity index (χ1n) is 10.5. The molecule has 2 N–H and O–H groups in total. The van der Waals surface area contributed by atoms with Crippen molar-refractivity contribution in [2.24, 2.45) is 40.4 Å². The molecule has 0 aliphatic heterocycles. The van der Waals surface area contributed by atoms with Gasteiger partial charge in [0.15, 0.2) is 0 Å². The molecule has 0 aromatic carbocycles. The van der Waals surface area contributed by atoms with Crippen molar-refractivity contribution in [2.75, 3.05) is 0 Å². The quantitative estimate of drug-likeness (QED) is 0.754. The van der Waals surface area contributed by atoms with E-state index in [1.54, 1.807) is 6.92 Å². The highest BCUT2D eigenvalue weighted by atomic mass is 16.3. The number of aliphatic hydroxyl groups is 2. The highest BCUT2D eigenvalue weighted by Crippen LogP contribution is 2.68. The molecular weight excluding hydrogens is 312 g/mol. The highest BCUT2D eigenvalue weighted by Gasteiger charge is 2.64. The summed E-state index contributed by atoms with van der Waals surface area (Å²) < 4.78 is 0. The van der Waals surface area contributed by atoms with Crippen molar-refractivity contribution in [1.29, 1.82) is 0 Å². The van der Waals surface area contributed by atoms with Gasteiger partial charge in [0, 0.05) is 5.92 Å². The van der Waals surface area contributed by atoms with E-state index in [0.717, 1.165) is 38.5 Å². The second kappa shape index (κ2) is 5.55. The molecule has 0 spiro atoms. The standard InChI is InChI=1S/C22H36O3/c1-13(23)16-7-8-17-15-6-5-14-11-20(2,25)9-10-21(14,3)19(15)18(24)12-22(16,17)4/h14-19,24-25H,5-12H2,1-4H3/t14-,15+,16-,17+,18-,19-,20+,21+,22-/m1/s1. The second-order valence-corrected chi connectivity index (χ2v) is 10.8. The molecule has 0 saturated heterocycles. The first kappa shape index (κ1) is 18.0. The number of Topliss-reactive ketones (excluding diaryl/α,β-unsaturated/α-hetero) is 1. The summed E-state index contributed by atoms with van der Waals surface area (Å²) in [4.78, 5) is 12.2. The van der Waals surface area contributed by atoms with Gasteiger partial charge in [-0.15, -0.1) is 0 Å². The topological polar surface area (TPSA) is 57.5 Å². The molecule has 142 valence electrons. The Morgan fingerprint density at radius 3 is 2.36 bits per heavy atom. The Bertz CT molecular complexity index is 570. The van der Waals surface area contributed by atoms with Crippen LogP contribution < -0.4 is 0 Å². The Hall–Kier alpha value is -0.410. The third kappa shape index (κ3) is 2.48. The van der Waals surface area contributed by atoms with Gasteiger partial charge in [-0.05, 0) is 99.7 Å². The molecule has 0 aromatic rings. The number of aliphatic hydroxyl groups excluding tert-OH is 1. The molecule has 4 fully saturated rings. The van der Waals surface area contributed by atoms with E-state index in [2.05, 4.69) is 13.8 Å². The molecule has 9 atom stereocenters. The van der Waals surface area contributed by atoms with Crippen molar-refractivity contribution in [3.63, 3.8) is 0 Å². The lowest BCUT2D eigenvalue weighted by Crippen LogP contribution is -2.60. The lowest BCUT2D eigenvalue weighted by Gasteiger charge is -2.63. The number of hydrogen-bond acceptors (Lipinski definition) is 3. The molecule has 3 nitrogen and oxygen atoms in total. The van der Waals surface area contributed by atoms with E-state index >= 15 is 0 Å². The molecule has 0 aromatic heterocycles. The van der Waals surface area contributed by atoms with Gasteiger partial charge in [-0.1, -0.05) is 13.8 Å². The van der Waals surface area contributed by atoms with E-state index in [0.29, 0.717) is 29.5 Å². The van der Waals surface area contributed by atoms with Crippen molar-refractivity contribution in [3.8, 4) is 0 Å². The van der Waals surface area contributed by atoms with Gasteiger partial charge in [0.1, 0.15) is 5.78 Å². The third-order valence-corrected chi connectivity index (χ3v) is 9.37. The Morgan fingerprint density at radius 2 is 1.68 bits per heavy atom. The summed E-state index contributed by atoms with van der Waals surface area (Å²) in [6.45, 7) is 8.42. The van der Waals surface area contributed by atoms with E-state index in [1.807, 2.05) is 6.92 Å². The van der Waals surface area contributed by atoms with Crippen molar-refractivity contribution in [2.45, 2.75) is 90.8 Å². The monoisotopic (exact) mass is 348 g/mol. The second-order valence-electron chi connectivity index (χ2n) is 10.8. The summed E-state index contributed by atoms with van der Waals surface area (Å²) in [6.07, 6.45) is 7.80. The fourth-order valence-electron chi connectivity index (χ4n) is 8.22. The highest BCUT2D eigenvalue weighted by molar-refractivity contribution is 5.79. The summed E-state index contributed by atoms with van der Waals surface area (Å²) >= 11 is 0. The largest absolute Gasteiger partial charge is 0.393 e. The molecule has 4 saturated carbocycles. The minimum absolute atomic E-state index is 0.00419. The van der Waals surface area contributed by atoms with Crippen LogP contribution in [0.4, 0.5) is 0 Å². The van der Waals surface area contributed by atoms with E-state index < -0.39 is 5.60 Å². The van der Waals surface area contributed by atoms with Crippen LogP contribution in [0, 0.1) is 40.4 Å². The molecule has 0 amide bonds. The lowest BCUT2D eigenvalue weighted by atomic mass is 9.43. The van der Waals surface area contributed by atoms with Crippen LogP contribution in [0.25, 0.3) is 0 Å². The van der Waals surface area contributed by atoms with Gasteiger partial charge < -0.3 is 10.2 Å². The SMILES string of the molecule is CC(=O)[C@H]1CC[C@H]2[C@@H]3CC[C@@H]4C[C@@](C)(O)CC[C@]4(C)[C@H]3[C@H](O)C[C@]12C. The van der Waals surface area contributed by atoms with Crippen molar-refractivity contribution >= 4 is 5.78 Å². The Balaban J connectivity index is 1.66. The van der Waals surface area contributed by atoms with Gasteiger partial charge in [-0.25, -0.2) is 0 Å². The zero-order chi connectivity index (χ0) is 18.2. The summed E-state index contributed by atoms with van der Waals surface area (Å²) in [5.41, 5.74) is -0.381. The molecule has 25 heavy (non-hydrogen) atoms. The van der Waals surface area contributed by atoms with Crippen LogP contribution in [0.15, 0.2) is 0 Å². The zero-order valence-corrected chi connectivity index (χ0v) is 16.4. The van der Waals surface area contributed by atoms with Crippen molar-refractivity contribution in [1.82, 2.24) is 0 Å². The molecular formula is C22H36O3. The molecule has 3 heteroatoms. The van der Waals surface area contributed by atoms with Crippen LogP contribution in [0.5, 0.6) is 0 Å². The van der Waals surface area contributed by atoms with E-state index in [4.69, 9.17) is 0 Å². The molecule has 0 heterocycles. The Labute approximate surface area is 152 Å². The number of carbonyl (C=O) groups is 1. The fraction of sp³-hybridized carbons (Fsp3) is 0.955. The number of hydrogen-bond donors (Lipinski definition) is 2. The summed E-state index contributed by atoms with van der Waals surface area (Å²) in [7, 11) is 0. The average Bonchev–Trinajstić information content (AvgIpc) is 2.84. The number of fused-ring (bicyclic) bond motifs is 5. The summed E-state index contributed by atoms with van der Waals surface area (Å²) in [6, 6.07) is 0. The van der Waals surface area contributed by atoms with Gasteiger partial charge in [-0.3, -0.25) is 4.79 Å². The summed E-state index contributed by atoms with van der Waals surface area (Å²) in [5.74, 6) is 2.50. The maximum Gasteiger partial charge on any atom is 0.133 e. The van der Waals surface area contributed by atoms with E-state index in [9.17, 15) is 15.0 Å². The Kier molecular flexibility index (Phi) is 3.99. The minimum atomic E-state index is -0.530. The molecule has 4 aliphatic carbocycles. The van der Waals surface area contributed by atoms with E-state index in [1.165, 1.54) is 12.8 Å². The van der Waals surface area contributed by atoms with Crippen LogP contribution in [0.1, 0.15) is 79.1 Å². The van der Waals surface area contributed by atoms with Gasteiger partial charge in [0.05, 0.1) is 11.7 Å². The number of carbonyl (C=O) groups excluding carboxylic acids is 1. The maximum absolute atomic E-state index is 12.2. The lowest BCUT2D eigenvalue weighted by molar-refractivity contribution is -0.188. The predicted molar refractivity (Wildman–Crippen MR) is 97.9 cm³/mol. The minimum Gasteiger partial charge on any atom is -0.393 e. The van der Waals surface area contributed by atoms with Gasteiger partial charge in [0.25, 0.3) is 0 Å². The number of ketones is 1. The molecule has 0 radical (unpaired) electrons. The smallest absolute Gasteiger partial charge is 0.133 e. The number of rotatable bonds is 1. The van der Waals surface area contributed by atoms with Crippen LogP contribution in [-0.2, 0) is 4.79 Å². The van der Waals surface area contributed by atoms with Crippen LogP contribution in [-0.4, -0.2) is 27.7 Å². The van der Waals surface area contributed by atoms with Crippen LogP contribution in [0.2, 0.25) is 0 Å². The molecule has 0 unspecified atom stereocenters. The van der Waals surface area contributed by atoms with Crippen LogP contribution >= 0.6 is 0 Å². The molecule has 4 aliphatic rings. The molecule has 4 rings (SSSR count). The Morgan fingerprint density at radius 1 is 0.960 bits per heavy atom. The van der Waals surface area contributed by atoms with Gasteiger partial charge in [-0.2, -0.15) is 0 Å². The zero-order valence-electron chi connectivity index (χ0n) is 16.4. The molecule has 0 bridgehead atoms. The first-order chi connectivity index (χ1) is 11.6. The third-order valence-electron chi connectivity index (χ3n) is 9.37. The van der Waals surface area contributed by atoms with Gasteiger partial charge >= 0.3 is 0 Å².